The summed E-state index contributed by atoms with van der Waals surface area (Å²) < 4.78 is 0. The van der Waals surface area contributed by atoms with Crippen LogP contribution in [0.3, 0.4) is 0 Å². The highest BCUT2D eigenvalue weighted by Crippen LogP contribution is 2.38. The van der Waals surface area contributed by atoms with Gasteiger partial charge in [0, 0.05) is 19.0 Å². The number of H-pyrrole nitrogens is 1. The van der Waals surface area contributed by atoms with E-state index in [9.17, 15) is 14.9 Å². The number of nitrogens with zero attached hydrogens (tertiary/aromatic N) is 3. The normalized spacial score (nSPS) is 22.7. The molecule has 0 bridgehead atoms. The number of benzene rings is 1. The first-order valence-corrected chi connectivity index (χ1v) is 9.23. The molecular formula is C20H21N5O2. The van der Waals surface area contributed by atoms with Gasteiger partial charge in [0.2, 0.25) is 11.9 Å². The Morgan fingerprint density at radius 1 is 1.19 bits per heavy atom. The highest BCUT2D eigenvalue weighted by atomic mass is 16.2. The van der Waals surface area contributed by atoms with Crippen LogP contribution in [0.15, 0.2) is 35.1 Å². The predicted molar refractivity (Wildman–Crippen MR) is 101 cm³/mol. The van der Waals surface area contributed by atoms with Gasteiger partial charge in [-0.2, -0.15) is 10.2 Å². The van der Waals surface area contributed by atoms with E-state index in [0.29, 0.717) is 17.4 Å². The number of fused-ring (bicyclic) bond motifs is 1. The largest absolute Gasteiger partial charge is 0.342 e. The molecule has 1 amide bonds. The van der Waals surface area contributed by atoms with Gasteiger partial charge in [-0.25, -0.2) is 0 Å². The maximum Gasteiger partial charge on any atom is 0.258 e. The number of nitriles is 1. The molecule has 0 aliphatic carbocycles. The van der Waals surface area contributed by atoms with Gasteiger partial charge < -0.3 is 10.2 Å². The Labute approximate surface area is 157 Å². The van der Waals surface area contributed by atoms with Crippen molar-refractivity contribution in [2.75, 3.05) is 23.3 Å². The highest BCUT2D eigenvalue weighted by molar-refractivity contribution is 5.97. The minimum absolute atomic E-state index is 0.262. The molecule has 2 aliphatic heterocycles. The number of anilines is 2. The van der Waals surface area contributed by atoms with Crippen LogP contribution in [-0.2, 0) is 4.79 Å². The Balaban J connectivity index is 1.80. The first kappa shape index (κ1) is 17.3. The van der Waals surface area contributed by atoms with E-state index in [1.807, 2.05) is 35.2 Å². The van der Waals surface area contributed by atoms with Gasteiger partial charge in [0.05, 0.1) is 11.6 Å². The summed E-state index contributed by atoms with van der Waals surface area (Å²) in [6.45, 7) is 3.85. The summed E-state index contributed by atoms with van der Waals surface area (Å²) in [5.41, 5.74) is 0.802. The first-order valence-electron chi connectivity index (χ1n) is 9.23. The lowest BCUT2D eigenvalue weighted by Crippen LogP contribution is -2.40. The molecule has 0 saturated carbocycles. The van der Waals surface area contributed by atoms with Crippen molar-refractivity contribution in [3.05, 3.63) is 51.8 Å². The van der Waals surface area contributed by atoms with Crippen molar-refractivity contribution < 1.29 is 4.79 Å². The van der Waals surface area contributed by atoms with Crippen molar-refractivity contribution in [3.8, 4) is 6.07 Å². The van der Waals surface area contributed by atoms with Crippen LogP contribution in [0.25, 0.3) is 0 Å². The molecule has 27 heavy (non-hydrogen) atoms. The van der Waals surface area contributed by atoms with E-state index in [0.717, 1.165) is 31.5 Å². The van der Waals surface area contributed by atoms with Crippen molar-refractivity contribution in [1.29, 1.82) is 5.26 Å². The number of piperidine rings is 1. The van der Waals surface area contributed by atoms with Crippen LogP contribution in [0, 0.1) is 23.2 Å². The van der Waals surface area contributed by atoms with Crippen molar-refractivity contribution in [2.45, 2.75) is 25.7 Å². The van der Waals surface area contributed by atoms with Crippen LogP contribution in [0.2, 0.25) is 0 Å². The minimum Gasteiger partial charge on any atom is -0.342 e. The van der Waals surface area contributed by atoms with E-state index in [-0.39, 0.29) is 11.4 Å². The maximum atomic E-state index is 13.0. The van der Waals surface area contributed by atoms with E-state index in [1.54, 1.807) is 0 Å². The van der Waals surface area contributed by atoms with Crippen LogP contribution >= 0.6 is 0 Å². The second-order valence-electron chi connectivity index (χ2n) is 7.31. The Hall–Kier alpha value is -3.14. The number of hydrogen-bond acceptors (Lipinski definition) is 5. The third kappa shape index (κ3) is 3.08. The molecule has 0 spiro atoms. The monoisotopic (exact) mass is 363 g/mol. The number of rotatable bonds is 2. The maximum absolute atomic E-state index is 13.0. The molecular weight excluding hydrogens is 342 g/mol. The van der Waals surface area contributed by atoms with E-state index in [1.165, 1.54) is 0 Å². The molecule has 7 heteroatoms. The lowest BCUT2D eigenvalue weighted by Gasteiger charge is -2.32. The lowest BCUT2D eigenvalue weighted by molar-refractivity contribution is -0.119. The number of amides is 1. The van der Waals surface area contributed by atoms with Gasteiger partial charge in [-0.15, -0.1) is 0 Å². The molecule has 138 valence electrons. The molecule has 2 N–H and O–H groups in total. The summed E-state index contributed by atoms with van der Waals surface area (Å²) in [4.78, 5) is 34.9. The predicted octanol–water partition coefficient (Wildman–Crippen LogP) is 2.23. The molecule has 2 aromatic rings. The Morgan fingerprint density at radius 3 is 2.56 bits per heavy atom. The molecule has 0 unspecified atom stereocenters. The fourth-order valence-electron chi connectivity index (χ4n) is 3.89. The molecule has 0 radical (unpaired) electrons. The van der Waals surface area contributed by atoms with E-state index < -0.39 is 17.7 Å². The number of aromatic nitrogens is 2. The summed E-state index contributed by atoms with van der Waals surface area (Å²) in [6.07, 6.45) is 2.08. The van der Waals surface area contributed by atoms with Crippen LogP contribution < -0.4 is 15.8 Å². The fourth-order valence-corrected chi connectivity index (χ4v) is 3.89. The van der Waals surface area contributed by atoms with E-state index in [4.69, 9.17) is 0 Å². The average Bonchev–Trinajstić information content (AvgIpc) is 2.68. The number of carbonyl (C=O) groups excluding carboxylic acids is 1. The Bertz CT molecular complexity index is 955. The summed E-state index contributed by atoms with van der Waals surface area (Å²) in [6, 6.07) is 11.2. The second kappa shape index (κ2) is 6.88. The lowest BCUT2D eigenvalue weighted by atomic mass is 9.79. The molecule has 1 aromatic heterocycles. The quantitative estimate of drug-likeness (QED) is 0.852. The Kier molecular flexibility index (Phi) is 4.40. The molecule has 1 saturated heterocycles. The van der Waals surface area contributed by atoms with Crippen molar-refractivity contribution >= 4 is 17.7 Å². The molecule has 2 aliphatic rings. The van der Waals surface area contributed by atoms with Gasteiger partial charge in [0.25, 0.3) is 5.56 Å². The minimum atomic E-state index is -0.968. The van der Waals surface area contributed by atoms with Crippen molar-refractivity contribution in [1.82, 2.24) is 9.97 Å². The summed E-state index contributed by atoms with van der Waals surface area (Å²) in [5.74, 6) is -0.624. The van der Waals surface area contributed by atoms with Crippen LogP contribution in [0.5, 0.6) is 0 Å². The van der Waals surface area contributed by atoms with Crippen molar-refractivity contribution in [3.63, 3.8) is 0 Å². The first-order chi connectivity index (χ1) is 13.1. The van der Waals surface area contributed by atoms with Crippen molar-refractivity contribution in [2.24, 2.45) is 11.8 Å². The van der Waals surface area contributed by atoms with Gasteiger partial charge in [-0.3, -0.25) is 14.6 Å². The zero-order chi connectivity index (χ0) is 19.0. The SMILES string of the molecule is CC1CCN(c2nc3c(c(=O)[nH]2)[C@H](c2ccccc2)[C@@H](C#N)C(=O)N3)CC1. The third-order valence-electron chi connectivity index (χ3n) is 5.49. The van der Waals surface area contributed by atoms with E-state index >= 15 is 0 Å². The zero-order valence-corrected chi connectivity index (χ0v) is 15.1. The van der Waals surface area contributed by atoms with Gasteiger partial charge in [0.15, 0.2) is 0 Å². The number of nitrogens with one attached hydrogen (secondary N) is 2. The smallest absolute Gasteiger partial charge is 0.258 e. The topological polar surface area (TPSA) is 102 Å². The summed E-state index contributed by atoms with van der Waals surface area (Å²) >= 11 is 0. The molecule has 3 heterocycles. The highest BCUT2D eigenvalue weighted by Gasteiger charge is 2.40. The molecule has 1 fully saturated rings. The Morgan fingerprint density at radius 2 is 1.89 bits per heavy atom. The standard InChI is InChI=1S/C20H21N5O2/c1-12-7-9-25(10-8-12)20-23-17-16(19(27)24-20)15(13-5-3-2-4-6-13)14(11-21)18(26)22-17/h2-6,12,14-15H,7-10H2,1H3,(H2,22,23,24,26,27)/t14-,15-/m1/s1. The number of carbonyl (C=O) groups is 1. The van der Waals surface area contributed by atoms with E-state index in [2.05, 4.69) is 28.3 Å². The van der Waals surface area contributed by atoms with Gasteiger partial charge >= 0.3 is 0 Å². The van der Waals surface area contributed by atoms with Gasteiger partial charge in [-0.1, -0.05) is 37.3 Å². The molecule has 7 nitrogen and oxygen atoms in total. The third-order valence-corrected chi connectivity index (χ3v) is 5.49. The number of hydrogen-bond donors (Lipinski definition) is 2. The van der Waals surface area contributed by atoms with Gasteiger partial charge in [-0.05, 0) is 24.3 Å². The summed E-state index contributed by atoms with van der Waals surface area (Å²) in [7, 11) is 0. The second-order valence-corrected chi connectivity index (χ2v) is 7.31. The molecule has 4 rings (SSSR count). The molecule has 2 atom stereocenters. The summed E-state index contributed by atoms with van der Waals surface area (Å²) in [5, 5.41) is 12.2. The number of aromatic amines is 1. The van der Waals surface area contributed by atoms with Crippen LogP contribution in [-0.4, -0.2) is 29.0 Å². The van der Waals surface area contributed by atoms with Crippen LogP contribution in [0.1, 0.15) is 36.8 Å². The zero-order valence-electron chi connectivity index (χ0n) is 15.1. The fraction of sp³-hybridized carbons (Fsp3) is 0.400. The van der Waals surface area contributed by atoms with Gasteiger partial charge in [0.1, 0.15) is 11.7 Å². The van der Waals surface area contributed by atoms with Crippen LogP contribution in [0.4, 0.5) is 11.8 Å². The average molecular weight is 363 g/mol. The molecule has 1 aromatic carbocycles.